The van der Waals surface area contributed by atoms with E-state index in [1.807, 2.05) is 0 Å². The van der Waals surface area contributed by atoms with E-state index in [9.17, 15) is 4.79 Å². The van der Waals surface area contributed by atoms with Gasteiger partial charge in [-0.05, 0) is 24.6 Å². The molecule has 0 aliphatic rings. The van der Waals surface area contributed by atoms with Gasteiger partial charge in [0.05, 0.1) is 5.56 Å². The normalized spacial score (nSPS) is 10.2. The van der Waals surface area contributed by atoms with Gasteiger partial charge >= 0.3 is 0 Å². The number of rotatable bonds is 6. The highest BCUT2D eigenvalue weighted by molar-refractivity contribution is 6.31. The Morgan fingerprint density at radius 1 is 1.35 bits per heavy atom. The number of hydrogen-bond donors (Lipinski definition) is 2. The van der Waals surface area contributed by atoms with Crippen LogP contribution in [0.4, 0.5) is 5.69 Å². The van der Waals surface area contributed by atoms with Gasteiger partial charge in [0.2, 0.25) is 0 Å². The summed E-state index contributed by atoms with van der Waals surface area (Å²) in [6, 6.07) is 4.92. The van der Waals surface area contributed by atoms with Crippen LogP contribution in [0, 0.1) is 0 Å². The Bertz CT molecular complexity index is 380. The van der Waals surface area contributed by atoms with E-state index in [1.54, 1.807) is 18.2 Å². The van der Waals surface area contributed by atoms with Gasteiger partial charge in [-0.3, -0.25) is 4.79 Å². The molecule has 1 aromatic carbocycles. The van der Waals surface area contributed by atoms with Crippen molar-refractivity contribution in [1.29, 1.82) is 0 Å². The Hall–Kier alpha value is -1.22. The number of nitrogens with two attached hydrogens (primary N) is 1. The molecule has 3 N–H and O–H groups in total. The summed E-state index contributed by atoms with van der Waals surface area (Å²) in [6.45, 7) is 2.84. The molecule has 3 nitrogen and oxygen atoms in total. The third-order valence-electron chi connectivity index (χ3n) is 2.58. The fourth-order valence-corrected chi connectivity index (χ4v) is 1.75. The van der Waals surface area contributed by atoms with Crippen molar-refractivity contribution in [2.24, 2.45) is 0 Å². The Kier molecular flexibility index (Phi) is 5.84. The fourth-order valence-electron chi connectivity index (χ4n) is 1.57. The molecule has 0 aliphatic carbocycles. The lowest BCUT2D eigenvalue weighted by Gasteiger charge is -2.07. The largest absolute Gasteiger partial charge is 0.398 e. The van der Waals surface area contributed by atoms with Crippen LogP contribution in [0.1, 0.15) is 43.0 Å². The summed E-state index contributed by atoms with van der Waals surface area (Å²) in [7, 11) is 0. The summed E-state index contributed by atoms with van der Waals surface area (Å²) < 4.78 is 0. The van der Waals surface area contributed by atoms with E-state index < -0.39 is 0 Å². The van der Waals surface area contributed by atoms with Gasteiger partial charge in [0.25, 0.3) is 5.91 Å². The maximum atomic E-state index is 11.8. The molecule has 0 heterocycles. The lowest BCUT2D eigenvalue weighted by molar-refractivity contribution is 0.0954. The molecular weight excluding hydrogens is 236 g/mol. The number of amides is 1. The number of anilines is 1. The molecule has 0 radical (unpaired) electrons. The van der Waals surface area contributed by atoms with E-state index in [0.717, 1.165) is 12.8 Å². The first-order chi connectivity index (χ1) is 8.15. The molecule has 17 heavy (non-hydrogen) atoms. The van der Waals surface area contributed by atoms with E-state index in [-0.39, 0.29) is 5.91 Å². The molecule has 94 valence electrons. The molecule has 0 saturated heterocycles. The molecule has 0 aromatic heterocycles. The number of benzene rings is 1. The molecule has 0 bridgehead atoms. The average molecular weight is 255 g/mol. The first kappa shape index (κ1) is 13.8. The molecule has 1 rings (SSSR count). The van der Waals surface area contributed by atoms with Crippen LogP contribution in [-0.2, 0) is 0 Å². The lowest BCUT2D eigenvalue weighted by atomic mass is 10.1. The first-order valence-corrected chi connectivity index (χ1v) is 6.36. The second-order valence-electron chi connectivity index (χ2n) is 4.05. The van der Waals surface area contributed by atoms with Gasteiger partial charge in [-0.2, -0.15) is 0 Å². The van der Waals surface area contributed by atoms with Gasteiger partial charge in [-0.1, -0.05) is 37.8 Å². The summed E-state index contributed by atoms with van der Waals surface area (Å²) in [4.78, 5) is 11.8. The minimum atomic E-state index is -0.151. The molecule has 0 atom stereocenters. The number of carbonyl (C=O) groups is 1. The zero-order chi connectivity index (χ0) is 12.7. The third-order valence-corrected chi connectivity index (χ3v) is 2.81. The quantitative estimate of drug-likeness (QED) is 0.605. The molecule has 4 heteroatoms. The van der Waals surface area contributed by atoms with Crippen molar-refractivity contribution in [3.63, 3.8) is 0 Å². The summed E-state index contributed by atoms with van der Waals surface area (Å²) in [5.41, 5.74) is 6.63. The Balaban J connectivity index is 2.44. The third kappa shape index (κ3) is 4.65. The van der Waals surface area contributed by atoms with Crippen LogP contribution in [0.2, 0.25) is 5.02 Å². The van der Waals surface area contributed by atoms with Crippen molar-refractivity contribution in [1.82, 2.24) is 5.32 Å². The SMILES string of the molecule is CCCCCCNC(=O)c1cc(Cl)ccc1N. The lowest BCUT2D eigenvalue weighted by Crippen LogP contribution is -2.25. The predicted molar refractivity (Wildman–Crippen MR) is 72.3 cm³/mol. The smallest absolute Gasteiger partial charge is 0.253 e. The van der Waals surface area contributed by atoms with Crippen LogP contribution in [0.15, 0.2) is 18.2 Å². The maximum Gasteiger partial charge on any atom is 0.253 e. The van der Waals surface area contributed by atoms with Crippen molar-refractivity contribution in [2.45, 2.75) is 32.6 Å². The second kappa shape index (κ2) is 7.17. The molecule has 0 unspecified atom stereocenters. The van der Waals surface area contributed by atoms with Crippen LogP contribution in [0.5, 0.6) is 0 Å². The Morgan fingerprint density at radius 3 is 2.82 bits per heavy atom. The summed E-state index contributed by atoms with van der Waals surface area (Å²) in [5, 5.41) is 3.37. The van der Waals surface area contributed by atoms with Gasteiger partial charge in [0.1, 0.15) is 0 Å². The van der Waals surface area contributed by atoms with Crippen LogP contribution >= 0.6 is 11.6 Å². The Labute approximate surface area is 107 Å². The highest BCUT2D eigenvalue weighted by Gasteiger charge is 2.09. The second-order valence-corrected chi connectivity index (χ2v) is 4.48. The van der Waals surface area contributed by atoms with Crippen molar-refractivity contribution in [3.8, 4) is 0 Å². The molecule has 0 saturated carbocycles. The molecule has 0 aliphatic heterocycles. The number of nitrogens with one attached hydrogen (secondary N) is 1. The molecule has 0 spiro atoms. The predicted octanol–water partition coefficient (Wildman–Crippen LogP) is 3.23. The summed E-state index contributed by atoms with van der Waals surface area (Å²) >= 11 is 5.83. The van der Waals surface area contributed by atoms with Crippen LogP contribution in [0.25, 0.3) is 0 Å². The monoisotopic (exact) mass is 254 g/mol. The minimum absolute atomic E-state index is 0.151. The van der Waals surface area contributed by atoms with Gasteiger partial charge in [0.15, 0.2) is 0 Å². The minimum Gasteiger partial charge on any atom is -0.398 e. The van der Waals surface area contributed by atoms with Crippen molar-refractivity contribution in [2.75, 3.05) is 12.3 Å². The number of unbranched alkanes of at least 4 members (excludes halogenated alkanes) is 3. The number of carbonyl (C=O) groups excluding carboxylic acids is 1. The number of nitrogen functional groups attached to an aromatic ring is 1. The van der Waals surface area contributed by atoms with E-state index in [1.165, 1.54) is 12.8 Å². The van der Waals surface area contributed by atoms with Crippen molar-refractivity contribution in [3.05, 3.63) is 28.8 Å². The van der Waals surface area contributed by atoms with E-state index in [0.29, 0.717) is 22.8 Å². The molecule has 1 aromatic rings. The summed E-state index contributed by atoms with van der Waals surface area (Å²) in [5.74, 6) is -0.151. The molecule has 0 fully saturated rings. The van der Waals surface area contributed by atoms with E-state index in [2.05, 4.69) is 12.2 Å². The highest BCUT2D eigenvalue weighted by atomic mass is 35.5. The first-order valence-electron chi connectivity index (χ1n) is 5.98. The fraction of sp³-hybridized carbons (Fsp3) is 0.462. The average Bonchev–Trinajstić information content (AvgIpc) is 2.32. The zero-order valence-corrected chi connectivity index (χ0v) is 10.9. The van der Waals surface area contributed by atoms with Gasteiger partial charge in [-0.15, -0.1) is 0 Å². The maximum absolute atomic E-state index is 11.8. The Morgan fingerprint density at radius 2 is 2.12 bits per heavy atom. The van der Waals surface area contributed by atoms with Crippen molar-refractivity contribution >= 4 is 23.2 Å². The number of hydrogen-bond acceptors (Lipinski definition) is 2. The number of halogens is 1. The highest BCUT2D eigenvalue weighted by Crippen LogP contribution is 2.17. The van der Waals surface area contributed by atoms with Crippen molar-refractivity contribution < 1.29 is 4.79 Å². The topological polar surface area (TPSA) is 55.1 Å². The molecular formula is C13H19ClN2O. The van der Waals surface area contributed by atoms with Gasteiger partial charge < -0.3 is 11.1 Å². The van der Waals surface area contributed by atoms with Crippen LogP contribution in [-0.4, -0.2) is 12.5 Å². The van der Waals surface area contributed by atoms with Gasteiger partial charge in [0, 0.05) is 17.3 Å². The van der Waals surface area contributed by atoms with E-state index in [4.69, 9.17) is 17.3 Å². The molecule has 1 amide bonds. The summed E-state index contributed by atoms with van der Waals surface area (Å²) in [6.07, 6.45) is 4.53. The van der Waals surface area contributed by atoms with Gasteiger partial charge in [-0.25, -0.2) is 0 Å². The van der Waals surface area contributed by atoms with Crippen LogP contribution < -0.4 is 11.1 Å². The van der Waals surface area contributed by atoms with E-state index >= 15 is 0 Å². The van der Waals surface area contributed by atoms with Crippen LogP contribution in [0.3, 0.4) is 0 Å². The standard InChI is InChI=1S/C13H19ClN2O/c1-2-3-4-5-8-16-13(17)11-9-10(14)6-7-12(11)15/h6-7,9H,2-5,8,15H2,1H3,(H,16,17). The zero-order valence-electron chi connectivity index (χ0n) is 10.1.